The largest absolute Gasteiger partial charge is 0.497 e. The number of piperidine rings is 1. The van der Waals surface area contributed by atoms with Gasteiger partial charge in [-0.3, -0.25) is 4.79 Å². The number of nitrogens with one attached hydrogen (secondary N) is 1. The SMILES string of the molecule is COc1ccc(-c2c(C)oc3cc(OCC[NH+]4CCCCC4)ccc3c2=O)cc1. The first-order valence-corrected chi connectivity index (χ1v) is 10.3. The van der Waals surface area contributed by atoms with Gasteiger partial charge in [0.25, 0.3) is 0 Å². The van der Waals surface area contributed by atoms with Crippen LogP contribution in [-0.2, 0) is 0 Å². The molecule has 0 aliphatic carbocycles. The van der Waals surface area contributed by atoms with Crippen LogP contribution in [0, 0.1) is 6.92 Å². The van der Waals surface area contributed by atoms with Crippen LogP contribution in [0.15, 0.2) is 51.7 Å². The number of hydrogen-bond donors (Lipinski definition) is 1. The Hall–Kier alpha value is -2.79. The second-order valence-corrected chi connectivity index (χ2v) is 7.66. The van der Waals surface area contributed by atoms with Gasteiger partial charge in [-0.15, -0.1) is 0 Å². The Morgan fingerprint density at radius 1 is 1.00 bits per heavy atom. The second kappa shape index (κ2) is 8.70. The maximum absolute atomic E-state index is 13.1. The van der Waals surface area contributed by atoms with E-state index in [0.717, 1.165) is 23.6 Å². The summed E-state index contributed by atoms with van der Waals surface area (Å²) < 4.78 is 17.1. The molecule has 2 heterocycles. The van der Waals surface area contributed by atoms with Crippen molar-refractivity contribution in [1.82, 2.24) is 0 Å². The Bertz CT molecular complexity index is 1030. The van der Waals surface area contributed by atoms with E-state index in [2.05, 4.69) is 0 Å². The summed E-state index contributed by atoms with van der Waals surface area (Å²) in [6.45, 7) is 5.99. The number of quaternary nitrogens is 1. The van der Waals surface area contributed by atoms with Gasteiger partial charge in [0.05, 0.1) is 31.1 Å². The van der Waals surface area contributed by atoms with Crippen LogP contribution in [0.5, 0.6) is 11.5 Å². The number of methoxy groups -OCH3 is 1. The predicted octanol–water partition coefficient (Wildman–Crippen LogP) is 3.22. The van der Waals surface area contributed by atoms with Gasteiger partial charge in [0, 0.05) is 6.07 Å². The molecule has 0 bridgehead atoms. The first-order chi connectivity index (χ1) is 14.2. The molecular formula is C24H28NO4+. The zero-order valence-corrected chi connectivity index (χ0v) is 17.1. The number of fused-ring (bicyclic) bond motifs is 1. The summed E-state index contributed by atoms with van der Waals surface area (Å²) in [4.78, 5) is 14.7. The Morgan fingerprint density at radius 2 is 1.72 bits per heavy atom. The normalized spacial score (nSPS) is 14.8. The van der Waals surface area contributed by atoms with E-state index in [1.165, 1.54) is 32.4 Å². The first-order valence-electron chi connectivity index (χ1n) is 10.3. The number of ether oxygens (including phenoxy) is 2. The maximum atomic E-state index is 13.1. The molecule has 0 saturated carbocycles. The monoisotopic (exact) mass is 394 g/mol. The van der Waals surface area contributed by atoms with Crippen molar-refractivity contribution in [2.24, 2.45) is 0 Å². The molecular weight excluding hydrogens is 366 g/mol. The highest BCUT2D eigenvalue weighted by Gasteiger charge is 2.15. The molecule has 4 rings (SSSR count). The lowest BCUT2D eigenvalue weighted by Crippen LogP contribution is -3.13. The second-order valence-electron chi connectivity index (χ2n) is 7.66. The minimum atomic E-state index is -0.0294. The highest BCUT2D eigenvalue weighted by molar-refractivity contribution is 5.83. The van der Waals surface area contributed by atoms with E-state index in [1.54, 1.807) is 18.1 Å². The molecule has 5 nitrogen and oxygen atoms in total. The van der Waals surface area contributed by atoms with Gasteiger partial charge in [0.2, 0.25) is 5.43 Å². The van der Waals surface area contributed by atoms with Gasteiger partial charge < -0.3 is 18.8 Å². The zero-order valence-electron chi connectivity index (χ0n) is 17.1. The van der Waals surface area contributed by atoms with Crippen LogP contribution in [0.3, 0.4) is 0 Å². The molecule has 0 atom stereocenters. The van der Waals surface area contributed by atoms with Crippen molar-refractivity contribution in [2.75, 3.05) is 33.4 Å². The molecule has 152 valence electrons. The lowest BCUT2D eigenvalue weighted by atomic mass is 10.0. The fraction of sp³-hybridized carbons (Fsp3) is 0.375. The molecule has 1 aromatic heterocycles. The Balaban J connectivity index is 1.55. The molecule has 0 spiro atoms. The van der Waals surface area contributed by atoms with Crippen LogP contribution < -0.4 is 19.8 Å². The van der Waals surface area contributed by atoms with Crippen molar-refractivity contribution in [3.8, 4) is 22.6 Å². The number of aryl methyl sites for hydroxylation is 1. The van der Waals surface area contributed by atoms with Crippen molar-refractivity contribution in [1.29, 1.82) is 0 Å². The lowest BCUT2D eigenvalue weighted by molar-refractivity contribution is -0.904. The Kier molecular flexibility index (Phi) is 5.86. The van der Waals surface area contributed by atoms with E-state index < -0.39 is 0 Å². The smallest absolute Gasteiger partial charge is 0.200 e. The van der Waals surface area contributed by atoms with E-state index >= 15 is 0 Å². The summed E-state index contributed by atoms with van der Waals surface area (Å²) >= 11 is 0. The zero-order chi connectivity index (χ0) is 20.2. The Labute approximate surface area is 170 Å². The van der Waals surface area contributed by atoms with Crippen molar-refractivity contribution in [3.05, 3.63) is 58.4 Å². The molecule has 29 heavy (non-hydrogen) atoms. The molecule has 1 aliphatic rings. The summed E-state index contributed by atoms with van der Waals surface area (Å²) in [5.41, 5.74) is 1.94. The van der Waals surface area contributed by atoms with Crippen LogP contribution in [-0.4, -0.2) is 33.4 Å². The fourth-order valence-electron chi connectivity index (χ4n) is 4.08. The molecule has 1 saturated heterocycles. The quantitative estimate of drug-likeness (QED) is 0.698. The number of likely N-dealkylation sites (tertiary alicyclic amines) is 1. The van der Waals surface area contributed by atoms with Crippen molar-refractivity contribution < 1.29 is 18.8 Å². The van der Waals surface area contributed by atoms with E-state index in [-0.39, 0.29) is 5.43 Å². The van der Waals surface area contributed by atoms with E-state index in [0.29, 0.717) is 28.9 Å². The highest BCUT2D eigenvalue weighted by Crippen LogP contribution is 2.27. The standard InChI is InChI=1S/C24H27NO4/c1-17-23(18-6-8-19(27-2)9-7-18)24(26)21-11-10-20(16-22(21)29-17)28-15-14-25-12-4-3-5-13-25/h6-11,16H,3-5,12-15H2,1-2H3/p+1. The van der Waals surface area contributed by atoms with Gasteiger partial charge in [-0.2, -0.15) is 0 Å². The van der Waals surface area contributed by atoms with Crippen LogP contribution in [0.2, 0.25) is 0 Å². The third-order valence-electron chi connectivity index (χ3n) is 5.70. The van der Waals surface area contributed by atoms with Crippen LogP contribution in [0.1, 0.15) is 25.0 Å². The van der Waals surface area contributed by atoms with E-state index in [4.69, 9.17) is 13.9 Å². The summed E-state index contributed by atoms with van der Waals surface area (Å²) in [6.07, 6.45) is 3.98. The molecule has 0 amide bonds. The molecule has 1 N–H and O–H groups in total. The summed E-state index contributed by atoms with van der Waals surface area (Å²) in [5, 5.41) is 0.565. The van der Waals surface area contributed by atoms with Gasteiger partial charge in [0.1, 0.15) is 36.0 Å². The van der Waals surface area contributed by atoms with E-state index in [9.17, 15) is 4.79 Å². The summed E-state index contributed by atoms with van der Waals surface area (Å²) in [7, 11) is 1.62. The third kappa shape index (κ3) is 4.30. The van der Waals surface area contributed by atoms with Gasteiger partial charge >= 0.3 is 0 Å². The topological polar surface area (TPSA) is 53.1 Å². The molecule has 1 aliphatic heterocycles. The number of benzene rings is 2. The van der Waals surface area contributed by atoms with Crippen LogP contribution >= 0.6 is 0 Å². The molecule has 0 unspecified atom stereocenters. The van der Waals surface area contributed by atoms with Gasteiger partial charge in [-0.1, -0.05) is 12.1 Å². The number of hydrogen-bond acceptors (Lipinski definition) is 4. The van der Waals surface area contributed by atoms with E-state index in [1.807, 2.05) is 43.3 Å². The van der Waals surface area contributed by atoms with Gasteiger partial charge in [0.15, 0.2) is 0 Å². The average molecular weight is 394 g/mol. The van der Waals surface area contributed by atoms with Crippen molar-refractivity contribution in [3.63, 3.8) is 0 Å². The molecule has 1 fully saturated rings. The van der Waals surface area contributed by atoms with Crippen LogP contribution in [0.4, 0.5) is 0 Å². The molecule has 0 radical (unpaired) electrons. The third-order valence-corrected chi connectivity index (χ3v) is 5.70. The highest BCUT2D eigenvalue weighted by atomic mass is 16.5. The summed E-state index contributed by atoms with van der Waals surface area (Å²) in [5.74, 6) is 2.10. The molecule has 5 heteroatoms. The first kappa shape index (κ1) is 19.5. The maximum Gasteiger partial charge on any atom is 0.200 e. The van der Waals surface area contributed by atoms with Gasteiger partial charge in [-0.25, -0.2) is 0 Å². The molecule has 2 aromatic carbocycles. The van der Waals surface area contributed by atoms with Crippen molar-refractivity contribution >= 4 is 11.0 Å². The minimum Gasteiger partial charge on any atom is -0.497 e. The average Bonchev–Trinajstić information content (AvgIpc) is 2.75. The fourth-order valence-corrected chi connectivity index (χ4v) is 4.08. The van der Waals surface area contributed by atoms with Crippen molar-refractivity contribution in [2.45, 2.75) is 26.2 Å². The summed E-state index contributed by atoms with van der Waals surface area (Å²) in [6, 6.07) is 12.9. The predicted molar refractivity (Wildman–Crippen MR) is 114 cm³/mol. The van der Waals surface area contributed by atoms with Gasteiger partial charge in [-0.05, 0) is 56.0 Å². The lowest BCUT2D eigenvalue weighted by Gasteiger charge is -2.23. The Morgan fingerprint density at radius 3 is 2.45 bits per heavy atom. The minimum absolute atomic E-state index is 0.0294. The van der Waals surface area contributed by atoms with Crippen LogP contribution in [0.25, 0.3) is 22.1 Å². The molecule has 3 aromatic rings. The number of rotatable bonds is 6.